The summed E-state index contributed by atoms with van der Waals surface area (Å²) in [6, 6.07) is 13.4. The molecule has 1 fully saturated rings. The number of carbonyl (C=O) groups is 1. The molecule has 0 bridgehead atoms. The molecule has 1 aliphatic heterocycles. The van der Waals surface area contributed by atoms with Gasteiger partial charge in [0.15, 0.2) is 0 Å². The van der Waals surface area contributed by atoms with Crippen molar-refractivity contribution in [3.63, 3.8) is 0 Å². The molecule has 0 N–H and O–H groups in total. The minimum atomic E-state index is -0.130. The lowest BCUT2D eigenvalue weighted by Crippen LogP contribution is -2.46. The molecule has 3 aromatic rings. The fourth-order valence-corrected chi connectivity index (χ4v) is 3.90. The Hall–Kier alpha value is -3.43. The number of likely N-dealkylation sites (tertiary alicyclic amines) is 1. The van der Waals surface area contributed by atoms with E-state index in [0.717, 1.165) is 35.1 Å². The molecule has 3 heterocycles. The van der Waals surface area contributed by atoms with Crippen molar-refractivity contribution in [2.75, 3.05) is 26.2 Å². The molecular weight excluding hydrogens is 438 g/mol. The number of carbonyl (C=O) groups excluding carboxylic acids is 1. The lowest BCUT2D eigenvalue weighted by Gasteiger charge is -2.36. The third-order valence-corrected chi connectivity index (χ3v) is 5.90. The average Bonchev–Trinajstić information content (AvgIpc) is 3.27. The molecule has 1 aliphatic rings. The van der Waals surface area contributed by atoms with Crippen LogP contribution in [0.2, 0.25) is 0 Å². The molecule has 0 saturated carbocycles. The number of hydrogen-bond donors (Lipinski definition) is 0. The van der Waals surface area contributed by atoms with E-state index < -0.39 is 0 Å². The van der Waals surface area contributed by atoms with Crippen molar-refractivity contribution >= 4 is 5.78 Å². The van der Waals surface area contributed by atoms with Crippen LogP contribution >= 0.6 is 0 Å². The van der Waals surface area contributed by atoms with Crippen LogP contribution in [-0.2, 0) is 23.1 Å². The Balaban J connectivity index is 1.24. The molecule has 0 aliphatic carbocycles. The molecular formula is C29H33N3O3. The highest BCUT2D eigenvalue weighted by molar-refractivity contribution is 5.82. The Labute approximate surface area is 207 Å². The Morgan fingerprint density at radius 2 is 1.74 bits per heavy atom. The summed E-state index contributed by atoms with van der Waals surface area (Å²) in [6.45, 7) is 12.4. The van der Waals surface area contributed by atoms with Gasteiger partial charge in [0.1, 0.15) is 23.9 Å². The Morgan fingerprint density at radius 1 is 1.06 bits per heavy atom. The maximum atomic E-state index is 12.4. The summed E-state index contributed by atoms with van der Waals surface area (Å²) in [5.74, 6) is 8.78. The van der Waals surface area contributed by atoms with Crippen molar-refractivity contribution in [3.05, 3.63) is 76.9 Å². The first-order chi connectivity index (χ1) is 16.7. The van der Waals surface area contributed by atoms with E-state index in [2.05, 4.69) is 33.8 Å². The first-order valence-corrected chi connectivity index (χ1v) is 12.1. The summed E-state index contributed by atoms with van der Waals surface area (Å²) >= 11 is 0. The number of pyridine rings is 1. The molecule has 0 unspecified atom stereocenters. The minimum absolute atomic E-state index is 0.0480. The second-order valence-electron chi connectivity index (χ2n) is 10.4. The van der Waals surface area contributed by atoms with Gasteiger partial charge < -0.3 is 9.26 Å². The fourth-order valence-electron chi connectivity index (χ4n) is 3.90. The number of Topliss-reactive ketones (excluding diaryl/α,β-unsaturated/α-hetero) is 1. The third kappa shape index (κ3) is 7.27. The number of nitrogens with zero attached hydrogens (tertiary/aromatic N) is 3. The molecule has 2 aromatic heterocycles. The van der Waals surface area contributed by atoms with Gasteiger partial charge in [-0.1, -0.05) is 44.7 Å². The van der Waals surface area contributed by atoms with E-state index in [1.165, 1.54) is 13.1 Å². The van der Waals surface area contributed by atoms with E-state index in [1.54, 1.807) is 6.20 Å². The zero-order valence-electron chi connectivity index (χ0n) is 21.0. The second-order valence-corrected chi connectivity index (χ2v) is 10.4. The van der Waals surface area contributed by atoms with E-state index in [4.69, 9.17) is 9.26 Å². The topological polar surface area (TPSA) is 68.5 Å². The molecule has 1 saturated heterocycles. The van der Waals surface area contributed by atoms with Crippen molar-refractivity contribution in [2.45, 2.75) is 46.0 Å². The van der Waals surface area contributed by atoms with Gasteiger partial charge in [0, 0.05) is 60.6 Å². The predicted octanol–water partition coefficient (Wildman–Crippen LogP) is 4.45. The smallest absolute Gasteiger partial charge is 0.144 e. The van der Waals surface area contributed by atoms with Gasteiger partial charge in [0.05, 0.1) is 12.1 Å². The van der Waals surface area contributed by atoms with E-state index in [0.29, 0.717) is 18.0 Å². The summed E-state index contributed by atoms with van der Waals surface area (Å²) in [5.41, 5.74) is 2.96. The lowest BCUT2D eigenvalue weighted by atomic mass is 9.93. The molecule has 0 spiro atoms. The average molecular weight is 472 g/mol. The summed E-state index contributed by atoms with van der Waals surface area (Å²) in [5, 5.41) is 4.02. The Kier molecular flexibility index (Phi) is 7.67. The van der Waals surface area contributed by atoms with Gasteiger partial charge in [-0.25, -0.2) is 0 Å². The minimum Gasteiger partial charge on any atom is -0.492 e. The number of hydrogen-bond acceptors (Lipinski definition) is 6. The third-order valence-electron chi connectivity index (χ3n) is 5.90. The van der Waals surface area contributed by atoms with Gasteiger partial charge in [-0.15, -0.1) is 0 Å². The highest BCUT2D eigenvalue weighted by Gasteiger charge is 2.22. The van der Waals surface area contributed by atoms with E-state index in [9.17, 15) is 4.79 Å². The number of rotatable bonds is 8. The second kappa shape index (κ2) is 10.9. The highest BCUT2D eigenvalue weighted by atomic mass is 16.5. The van der Waals surface area contributed by atoms with Gasteiger partial charge in [-0.2, -0.15) is 0 Å². The Morgan fingerprint density at radius 3 is 2.37 bits per heavy atom. The SMILES string of the molecule is CC1CN(CCOc2ccc(C#Cc3ccc(CC(=O)Cc4cc(C(C)(C)C)on4)nc3)cc2)C1. The first kappa shape index (κ1) is 24.7. The summed E-state index contributed by atoms with van der Waals surface area (Å²) < 4.78 is 11.2. The summed E-state index contributed by atoms with van der Waals surface area (Å²) in [4.78, 5) is 19.2. The maximum Gasteiger partial charge on any atom is 0.144 e. The van der Waals surface area contributed by atoms with Gasteiger partial charge in [-0.05, 0) is 42.3 Å². The van der Waals surface area contributed by atoms with Crippen LogP contribution in [0, 0.1) is 17.8 Å². The Bertz CT molecular complexity index is 1190. The van der Waals surface area contributed by atoms with Crippen LogP contribution in [0.1, 0.15) is 56.0 Å². The van der Waals surface area contributed by atoms with Crippen molar-refractivity contribution in [2.24, 2.45) is 5.92 Å². The molecule has 182 valence electrons. The molecule has 0 radical (unpaired) electrons. The van der Waals surface area contributed by atoms with E-state index >= 15 is 0 Å². The number of benzene rings is 1. The van der Waals surface area contributed by atoms with Crippen LogP contribution in [0.3, 0.4) is 0 Å². The van der Waals surface area contributed by atoms with Gasteiger partial charge in [0.2, 0.25) is 0 Å². The maximum absolute atomic E-state index is 12.4. The standard InChI is InChI=1S/C29H33N3O3/c1-21-19-32(20-21)13-14-34-27-11-8-22(9-12-27)5-6-23-7-10-24(30-18-23)15-26(33)16-25-17-28(35-31-25)29(2,3)4/h7-12,17-18,21H,13-16,19-20H2,1-4H3. The van der Waals surface area contributed by atoms with Crippen LogP contribution in [0.25, 0.3) is 0 Å². The molecule has 6 heteroatoms. The zero-order valence-corrected chi connectivity index (χ0v) is 21.0. The molecule has 4 rings (SSSR count). The normalized spacial score (nSPS) is 14.2. The molecule has 0 amide bonds. The highest BCUT2D eigenvalue weighted by Crippen LogP contribution is 2.23. The van der Waals surface area contributed by atoms with Crippen LogP contribution in [0.5, 0.6) is 5.75 Å². The zero-order chi connectivity index (χ0) is 24.8. The summed E-state index contributed by atoms with van der Waals surface area (Å²) in [7, 11) is 0. The molecule has 35 heavy (non-hydrogen) atoms. The van der Waals surface area contributed by atoms with E-state index in [-0.39, 0.29) is 24.0 Å². The first-order valence-electron chi connectivity index (χ1n) is 12.1. The van der Waals surface area contributed by atoms with Crippen LogP contribution in [-0.4, -0.2) is 47.1 Å². The van der Waals surface area contributed by atoms with Crippen molar-refractivity contribution < 1.29 is 14.1 Å². The molecule has 1 aromatic carbocycles. The van der Waals surface area contributed by atoms with Gasteiger partial charge >= 0.3 is 0 Å². The summed E-state index contributed by atoms with van der Waals surface area (Å²) in [6.07, 6.45) is 2.20. The number of ketones is 1. The predicted molar refractivity (Wildman–Crippen MR) is 135 cm³/mol. The van der Waals surface area contributed by atoms with Crippen LogP contribution in [0.4, 0.5) is 0 Å². The lowest BCUT2D eigenvalue weighted by molar-refractivity contribution is -0.117. The van der Waals surface area contributed by atoms with Crippen LogP contribution < -0.4 is 4.74 Å². The van der Waals surface area contributed by atoms with Gasteiger partial charge in [0.25, 0.3) is 0 Å². The monoisotopic (exact) mass is 471 g/mol. The van der Waals surface area contributed by atoms with Gasteiger partial charge in [-0.3, -0.25) is 14.7 Å². The van der Waals surface area contributed by atoms with Crippen LogP contribution in [0.15, 0.2) is 53.2 Å². The van der Waals surface area contributed by atoms with E-state index in [1.807, 2.05) is 63.2 Å². The quantitative estimate of drug-likeness (QED) is 0.452. The fraction of sp³-hybridized carbons (Fsp3) is 0.414. The largest absolute Gasteiger partial charge is 0.492 e. The number of aromatic nitrogens is 2. The van der Waals surface area contributed by atoms with Crippen molar-refractivity contribution in [1.29, 1.82) is 0 Å². The number of ether oxygens (including phenoxy) is 1. The van der Waals surface area contributed by atoms with Crippen molar-refractivity contribution in [3.8, 4) is 17.6 Å². The van der Waals surface area contributed by atoms with Crippen molar-refractivity contribution in [1.82, 2.24) is 15.0 Å². The molecule has 0 atom stereocenters. The molecule has 6 nitrogen and oxygen atoms in total.